The molecule has 6 heteroatoms. The molecular weight excluding hydrogens is 380 g/mol. The number of rotatable bonds is 5. The Hall–Kier alpha value is -3.15. The largest absolute Gasteiger partial charge is 0.459 e. The van der Waals surface area contributed by atoms with E-state index in [-0.39, 0.29) is 12.0 Å². The topological polar surface area (TPSA) is 75.7 Å². The van der Waals surface area contributed by atoms with Crippen molar-refractivity contribution in [3.63, 3.8) is 0 Å². The van der Waals surface area contributed by atoms with Gasteiger partial charge in [0.2, 0.25) is 0 Å². The molecule has 0 unspecified atom stereocenters. The fourth-order valence-corrected chi connectivity index (χ4v) is 3.36. The maximum absolute atomic E-state index is 12.9. The van der Waals surface area contributed by atoms with Crippen molar-refractivity contribution in [1.29, 1.82) is 0 Å². The summed E-state index contributed by atoms with van der Waals surface area (Å²) in [4.78, 5) is 38.5. The molecule has 0 bridgehead atoms. The standard InChI is InChI=1S/C24H28N2O4/c1-16-6-10-19(11-7-16)24(5)21(28)26(22(29)25-24)14-20(27)30-15-17-8-12-18(13-9-17)23(2,3)4/h6-13H,14-15H2,1-5H3,(H,25,29)/t24-/m1/s1. The molecule has 0 saturated carbocycles. The third kappa shape index (κ3) is 4.37. The fourth-order valence-electron chi connectivity index (χ4n) is 3.36. The zero-order valence-electron chi connectivity index (χ0n) is 18.1. The Morgan fingerprint density at radius 1 is 1.03 bits per heavy atom. The lowest BCUT2D eigenvalue weighted by Gasteiger charge is -2.22. The van der Waals surface area contributed by atoms with Gasteiger partial charge in [-0.05, 0) is 36.0 Å². The van der Waals surface area contributed by atoms with Crippen LogP contribution in [0.3, 0.4) is 0 Å². The first-order valence-corrected chi connectivity index (χ1v) is 9.97. The Morgan fingerprint density at radius 3 is 2.20 bits per heavy atom. The molecule has 3 amide bonds. The van der Waals surface area contributed by atoms with Gasteiger partial charge in [0.05, 0.1) is 0 Å². The lowest BCUT2D eigenvalue weighted by atomic mass is 9.87. The average molecular weight is 408 g/mol. The second-order valence-corrected chi connectivity index (χ2v) is 8.92. The number of imide groups is 1. The van der Waals surface area contributed by atoms with Crippen molar-refractivity contribution in [2.24, 2.45) is 0 Å². The molecule has 0 aliphatic carbocycles. The summed E-state index contributed by atoms with van der Waals surface area (Å²) in [6, 6.07) is 14.6. The summed E-state index contributed by atoms with van der Waals surface area (Å²) in [5.41, 5.74) is 2.60. The molecule has 6 nitrogen and oxygen atoms in total. The maximum atomic E-state index is 12.9. The molecule has 2 aromatic rings. The Kier molecular flexibility index (Phi) is 5.70. The van der Waals surface area contributed by atoms with Gasteiger partial charge in [-0.25, -0.2) is 4.79 Å². The lowest BCUT2D eigenvalue weighted by Crippen LogP contribution is -2.41. The molecule has 1 fully saturated rings. The number of ether oxygens (including phenoxy) is 1. The van der Waals surface area contributed by atoms with Crippen LogP contribution >= 0.6 is 0 Å². The predicted octanol–water partition coefficient (Wildman–Crippen LogP) is 3.80. The Balaban J connectivity index is 1.62. The van der Waals surface area contributed by atoms with Crippen LogP contribution in [0.4, 0.5) is 4.79 Å². The number of hydrogen-bond donors (Lipinski definition) is 1. The highest BCUT2D eigenvalue weighted by Crippen LogP contribution is 2.29. The molecule has 3 rings (SSSR count). The molecule has 1 atom stereocenters. The van der Waals surface area contributed by atoms with Gasteiger partial charge in [-0.3, -0.25) is 14.5 Å². The molecule has 158 valence electrons. The molecule has 2 aromatic carbocycles. The number of esters is 1. The van der Waals surface area contributed by atoms with E-state index in [0.29, 0.717) is 5.56 Å². The number of nitrogens with zero attached hydrogens (tertiary/aromatic N) is 1. The maximum Gasteiger partial charge on any atom is 0.326 e. The van der Waals surface area contributed by atoms with E-state index in [9.17, 15) is 14.4 Å². The number of carbonyl (C=O) groups excluding carboxylic acids is 3. The number of urea groups is 1. The Labute approximate surface area is 177 Å². The van der Waals surface area contributed by atoms with Crippen molar-refractivity contribution >= 4 is 17.9 Å². The quantitative estimate of drug-likeness (QED) is 0.603. The summed E-state index contributed by atoms with van der Waals surface area (Å²) in [6.45, 7) is 9.63. The SMILES string of the molecule is Cc1ccc([C@@]2(C)NC(=O)N(CC(=O)OCc3ccc(C(C)(C)C)cc3)C2=O)cc1. The molecule has 0 aromatic heterocycles. The van der Waals surface area contributed by atoms with Crippen LogP contribution in [0.2, 0.25) is 0 Å². The van der Waals surface area contributed by atoms with E-state index in [4.69, 9.17) is 4.74 Å². The van der Waals surface area contributed by atoms with E-state index in [1.54, 1.807) is 19.1 Å². The highest BCUT2D eigenvalue weighted by atomic mass is 16.5. The van der Waals surface area contributed by atoms with Gasteiger partial charge >= 0.3 is 12.0 Å². The Bertz CT molecular complexity index is 958. The van der Waals surface area contributed by atoms with E-state index in [1.807, 2.05) is 43.3 Å². The molecular formula is C24H28N2O4. The Morgan fingerprint density at radius 2 is 1.63 bits per heavy atom. The molecule has 0 radical (unpaired) electrons. The summed E-state index contributed by atoms with van der Waals surface area (Å²) in [5, 5.41) is 2.70. The first-order valence-electron chi connectivity index (χ1n) is 9.97. The van der Waals surface area contributed by atoms with Gasteiger partial charge in [0, 0.05) is 0 Å². The van der Waals surface area contributed by atoms with Crippen LogP contribution < -0.4 is 5.32 Å². The summed E-state index contributed by atoms with van der Waals surface area (Å²) < 4.78 is 5.29. The average Bonchev–Trinajstić information content (AvgIpc) is 2.90. The van der Waals surface area contributed by atoms with Crippen molar-refractivity contribution < 1.29 is 19.1 Å². The molecule has 30 heavy (non-hydrogen) atoms. The van der Waals surface area contributed by atoms with Crippen molar-refractivity contribution in [2.45, 2.75) is 52.2 Å². The van der Waals surface area contributed by atoms with E-state index in [0.717, 1.165) is 16.0 Å². The van der Waals surface area contributed by atoms with Crippen LogP contribution in [0.1, 0.15) is 49.9 Å². The minimum atomic E-state index is -1.20. The number of amides is 3. The zero-order chi connectivity index (χ0) is 22.1. The van der Waals surface area contributed by atoms with Crippen LogP contribution in [0.25, 0.3) is 0 Å². The van der Waals surface area contributed by atoms with Crippen LogP contribution in [-0.4, -0.2) is 29.4 Å². The number of nitrogens with one attached hydrogen (secondary N) is 1. The van der Waals surface area contributed by atoms with Crippen LogP contribution in [-0.2, 0) is 31.9 Å². The van der Waals surface area contributed by atoms with E-state index in [1.165, 1.54) is 5.56 Å². The van der Waals surface area contributed by atoms with Gasteiger partial charge in [-0.15, -0.1) is 0 Å². The highest BCUT2D eigenvalue weighted by molar-refractivity contribution is 6.08. The molecule has 0 spiro atoms. The molecule has 1 aliphatic rings. The number of hydrogen-bond acceptors (Lipinski definition) is 4. The number of carbonyl (C=O) groups is 3. The molecule has 1 aliphatic heterocycles. The second kappa shape index (κ2) is 7.94. The van der Waals surface area contributed by atoms with E-state index in [2.05, 4.69) is 26.1 Å². The van der Waals surface area contributed by atoms with Crippen LogP contribution in [0, 0.1) is 6.92 Å². The van der Waals surface area contributed by atoms with Crippen LogP contribution in [0.15, 0.2) is 48.5 Å². The molecule has 1 saturated heterocycles. The van der Waals surface area contributed by atoms with Gasteiger partial charge in [0.15, 0.2) is 0 Å². The number of benzene rings is 2. The zero-order valence-corrected chi connectivity index (χ0v) is 18.1. The normalized spacial score (nSPS) is 19.0. The minimum Gasteiger partial charge on any atom is -0.459 e. The van der Waals surface area contributed by atoms with Gasteiger partial charge in [0.1, 0.15) is 18.7 Å². The fraction of sp³-hybridized carbons (Fsp3) is 0.375. The monoisotopic (exact) mass is 408 g/mol. The van der Waals surface area contributed by atoms with Crippen molar-refractivity contribution in [3.8, 4) is 0 Å². The summed E-state index contributed by atoms with van der Waals surface area (Å²) in [5.74, 6) is -1.10. The first kappa shape index (κ1) is 21.6. The third-order valence-electron chi connectivity index (χ3n) is 5.41. The van der Waals surface area contributed by atoms with Gasteiger partial charge in [-0.2, -0.15) is 0 Å². The summed E-state index contributed by atoms with van der Waals surface area (Å²) in [6.07, 6.45) is 0. The number of aryl methyl sites for hydroxylation is 1. The van der Waals surface area contributed by atoms with E-state index >= 15 is 0 Å². The van der Waals surface area contributed by atoms with Crippen LogP contribution in [0.5, 0.6) is 0 Å². The molecule has 1 heterocycles. The summed E-state index contributed by atoms with van der Waals surface area (Å²) in [7, 11) is 0. The van der Waals surface area contributed by atoms with Gasteiger partial charge < -0.3 is 10.1 Å². The van der Waals surface area contributed by atoms with Gasteiger partial charge in [-0.1, -0.05) is 74.9 Å². The van der Waals surface area contributed by atoms with Gasteiger partial charge in [0.25, 0.3) is 5.91 Å². The predicted molar refractivity (Wildman–Crippen MR) is 114 cm³/mol. The summed E-state index contributed by atoms with van der Waals surface area (Å²) >= 11 is 0. The minimum absolute atomic E-state index is 0.0444. The lowest BCUT2D eigenvalue weighted by molar-refractivity contribution is -0.148. The smallest absolute Gasteiger partial charge is 0.326 e. The van der Waals surface area contributed by atoms with Crippen molar-refractivity contribution in [1.82, 2.24) is 10.2 Å². The highest BCUT2D eigenvalue weighted by Gasteiger charge is 2.49. The second-order valence-electron chi connectivity index (χ2n) is 8.92. The third-order valence-corrected chi connectivity index (χ3v) is 5.41. The van der Waals surface area contributed by atoms with Crippen molar-refractivity contribution in [3.05, 3.63) is 70.8 Å². The van der Waals surface area contributed by atoms with Crippen molar-refractivity contribution in [2.75, 3.05) is 6.54 Å². The molecule has 1 N–H and O–H groups in total. The van der Waals surface area contributed by atoms with E-state index < -0.39 is 30.0 Å². The first-order chi connectivity index (χ1) is 14.0.